The average Bonchev–Trinajstić information content (AvgIpc) is 3.37. The monoisotopic (exact) mass is 607 g/mol. The maximum Gasteiger partial charge on any atom is 0.353 e. The zero-order valence-electron chi connectivity index (χ0n) is 24.8. The number of fused-ring (bicyclic) bond motifs is 1. The molecule has 0 amide bonds. The quantitative estimate of drug-likeness (QED) is 0.0896. The first-order chi connectivity index (χ1) is 20.3. The molecule has 0 aliphatic rings. The molecule has 2 atom stereocenters. The zero-order valence-corrected chi connectivity index (χ0v) is 25.7. The third-order valence-corrected chi connectivity index (χ3v) is 8.09. The third kappa shape index (κ3) is 13.3. The summed E-state index contributed by atoms with van der Waals surface area (Å²) < 4.78 is 43.6. The normalized spacial score (nSPS) is 13.9. The Labute approximate surface area is 248 Å². The number of hydrogen-bond acceptors (Lipinski definition) is 8. The summed E-state index contributed by atoms with van der Waals surface area (Å²) in [6, 6.07) is 6.91. The van der Waals surface area contributed by atoms with Crippen LogP contribution in [0.5, 0.6) is 0 Å². The van der Waals surface area contributed by atoms with E-state index in [-0.39, 0.29) is 18.5 Å². The van der Waals surface area contributed by atoms with E-state index in [4.69, 9.17) is 19.7 Å². The van der Waals surface area contributed by atoms with Crippen LogP contribution in [0.15, 0.2) is 36.9 Å². The highest BCUT2D eigenvalue weighted by Crippen LogP contribution is 2.42. The molecule has 0 saturated heterocycles. The molecule has 234 valence electrons. The van der Waals surface area contributed by atoms with Crippen LogP contribution in [-0.4, -0.2) is 56.7 Å². The number of ether oxygens (including phenoxy) is 2. The first-order valence-corrected chi connectivity index (χ1v) is 16.9. The molecule has 1 unspecified atom stereocenters. The van der Waals surface area contributed by atoms with Gasteiger partial charge in [0.15, 0.2) is 11.5 Å². The fourth-order valence-corrected chi connectivity index (χ4v) is 5.66. The van der Waals surface area contributed by atoms with Crippen LogP contribution in [0.3, 0.4) is 0 Å². The highest BCUT2D eigenvalue weighted by molar-refractivity contribution is 7.52. The molecule has 0 fully saturated rings. The lowest BCUT2D eigenvalue weighted by Gasteiger charge is -2.17. The van der Waals surface area contributed by atoms with Gasteiger partial charge in [0.2, 0.25) is 0 Å². The number of benzene rings is 1. The van der Waals surface area contributed by atoms with E-state index >= 15 is 0 Å². The Kier molecular flexibility index (Phi) is 15.4. The lowest BCUT2D eigenvalue weighted by atomic mass is 10.0. The first kappa shape index (κ1) is 34.1. The number of imidazole rings is 1. The second-order valence-electron chi connectivity index (χ2n) is 10.8. The molecule has 0 spiro atoms. The van der Waals surface area contributed by atoms with Crippen molar-refractivity contribution < 1.29 is 27.8 Å². The number of anilines is 1. The van der Waals surface area contributed by atoms with Gasteiger partial charge in [0.25, 0.3) is 0 Å². The van der Waals surface area contributed by atoms with E-state index in [1.54, 1.807) is 30.0 Å². The molecule has 3 aromatic rings. The van der Waals surface area contributed by atoms with Gasteiger partial charge in [-0.15, -0.1) is 0 Å². The Hall–Kier alpha value is -2.43. The average molecular weight is 608 g/mol. The predicted molar refractivity (Wildman–Crippen MR) is 163 cm³/mol. The summed E-state index contributed by atoms with van der Waals surface area (Å²) in [6.45, 7) is 3.52. The van der Waals surface area contributed by atoms with E-state index in [0.717, 1.165) is 31.2 Å². The minimum absolute atomic E-state index is 0.138. The lowest BCUT2D eigenvalue weighted by molar-refractivity contribution is 0.0688. The highest BCUT2D eigenvalue weighted by atomic mass is 31.2. The van der Waals surface area contributed by atoms with E-state index in [1.165, 1.54) is 57.3 Å². The second kappa shape index (κ2) is 19.0. The maximum atomic E-state index is 13.2. The predicted octanol–water partition coefficient (Wildman–Crippen LogP) is 6.66. The maximum absolute atomic E-state index is 13.2. The summed E-state index contributed by atoms with van der Waals surface area (Å²) >= 11 is 0. The summed E-state index contributed by atoms with van der Waals surface area (Å²) in [5.74, 6) is 0.156. The van der Waals surface area contributed by atoms with Crippen molar-refractivity contribution >= 4 is 24.6 Å². The van der Waals surface area contributed by atoms with Crippen LogP contribution in [0.4, 0.5) is 10.2 Å². The fraction of sp³-hybridized carbons (Fsp3) is 0.633. The number of hydrogen-bond donors (Lipinski definition) is 2. The van der Waals surface area contributed by atoms with Crippen molar-refractivity contribution in [2.45, 2.75) is 96.6 Å². The van der Waals surface area contributed by atoms with Gasteiger partial charge in [-0.25, -0.2) is 19.3 Å². The van der Waals surface area contributed by atoms with Gasteiger partial charge >= 0.3 is 7.60 Å². The molecule has 12 heteroatoms. The minimum atomic E-state index is -3.86. The number of nitrogen functional groups attached to an aromatic ring is 1. The molecule has 42 heavy (non-hydrogen) atoms. The highest BCUT2D eigenvalue weighted by Gasteiger charge is 2.21. The Morgan fingerprint density at radius 3 is 2.38 bits per heavy atom. The number of aryl methyl sites for hydroxylation is 1. The number of unbranched alkanes of at least 4 members (excludes halogenated alkanes) is 9. The largest absolute Gasteiger partial charge is 0.382 e. The van der Waals surface area contributed by atoms with Crippen LogP contribution in [0.2, 0.25) is 0 Å². The van der Waals surface area contributed by atoms with Crippen LogP contribution in [0.25, 0.3) is 11.2 Å². The summed E-state index contributed by atoms with van der Waals surface area (Å²) in [5.41, 5.74) is 7.99. The van der Waals surface area contributed by atoms with Gasteiger partial charge in [0, 0.05) is 13.2 Å². The molecule has 0 saturated carbocycles. The minimum Gasteiger partial charge on any atom is -0.382 e. The Morgan fingerprint density at radius 1 is 0.952 bits per heavy atom. The summed E-state index contributed by atoms with van der Waals surface area (Å²) in [5, 5.41) is 0. The van der Waals surface area contributed by atoms with Gasteiger partial charge < -0.3 is 29.2 Å². The molecule has 2 heterocycles. The van der Waals surface area contributed by atoms with Crippen LogP contribution in [0.1, 0.15) is 83.1 Å². The third-order valence-electron chi connectivity index (χ3n) is 7.02. The van der Waals surface area contributed by atoms with Crippen LogP contribution < -0.4 is 5.73 Å². The Bertz CT molecular complexity index is 1230. The van der Waals surface area contributed by atoms with Crippen molar-refractivity contribution in [2.75, 3.05) is 31.9 Å². The van der Waals surface area contributed by atoms with Gasteiger partial charge in [-0.3, -0.25) is 4.57 Å². The number of rotatable bonds is 23. The van der Waals surface area contributed by atoms with E-state index in [2.05, 4.69) is 15.0 Å². The molecule has 3 N–H and O–H groups in total. The summed E-state index contributed by atoms with van der Waals surface area (Å²) in [4.78, 5) is 22.4. The van der Waals surface area contributed by atoms with E-state index < -0.39 is 13.9 Å². The molecular formula is C30H47FN5O5P. The summed E-state index contributed by atoms with van der Waals surface area (Å²) in [6.07, 6.45) is 15.8. The van der Waals surface area contributed by atoms with Crippen molar-refractivity contribution in [3.05, 3.63) is 48.3 Å². The standard InChI is InChI=1S/C30H47FN5O5P/c1-25(21-36-23-35-28-29(32)33-22-34-30(28)36)40-24-42(37,38)41-19-13-18-39-17-11-9-7-5-3-2-4-6-8-10-14-26-15-12-16-27(31)20-26/h12,15-16,20,22-23,25H,2-11,13-14,17-19,21,24H2,1H3,(H,37,38)(H2,32,33,34)/t25-/m1/s1. The van der Waals surface area contributed by atoms with Crippen molar-refractivity contribution in [3.8, 4) is 0 Å². The molecule has 0 aliphatic carbocycles. The van der Waals surface area contributed by atoms with Crippen molar-refractivity contribution in [1.82, 2.24) is 19.5 Å². The zero-order chi connectivity index (χ0) is 30.0. The Morgan fingerprint density at radius 2 is 1.64 bits per heavy atom. The number of nitrogens with zero attached hydrogens (tertiary/aromatic N) is 4. The fourth-order valence-electron chi connectivity index (χ4n) is 4.73. The van der Waals surface area contributed by atoms with Crippen molar-refractivity contribution in [2.24, 2.45) is 0 Å². The van der Waals surface area contributed by atoms with Gasteiger partial charge in [-0.1, -0.05) is 63.5 Å². The molecular weight excluding hydrogens is 560 g/mol. The molecule has 0 radical (unpaired) electrons. The van der Waals surface area contributed by atoms with E-state index in [1.807, 2.05) is 6.07 Å². The SMILES string of the molecule is C[C@H](Cn1cnc2c(N)ncnc21)OCP(=O)(O)OCCCOCCCCCCCCCCCCc1cccc(F)c1. The summed E-state index contributed by atoms with van der Waals surface area (Å²) in [7, 11) is -3.86. The van der Waals surface area contributed by atoms with Crippen LogP contribution in [0, 0.1) is 5.82 Å². The number of nitrogens with two attached hydrogens (primary N) is 1. The smallest absolute Gasteiger partial charge is 0.353 e. The second-order valence-corrected chi connectivity index (χ2v) is 12.6. The molecule has 0 aliphatic heterocycles. The molecule has 1 aromatic carbocycles. The molecule has 2 aromatic heterocycles. The lowest BCUT2D eigenvalue weighted by Crippen LogP contribution is -2.17. The molecule has 0 bridgehead atoms. The van der Waals surface area contributed by atoms with Crippen LogP contribution in [-0.2, 0) is 31.5 Å². The van der Waals surface area contributed by atoms with Gasteiger partial charge in [-0.2, -0.15) is 0 Å². The van der Waals surface area contributed by atoms with Crippen molar-refractivity contribution in [3.63, 3.8) is 0 Å². The van der Waals surface area contributed by atoms with E-state index in [0.29, 0.717) is 43.2 Å². The van der Waals surface area contributed by atoms with Crippen LogP contribution >= 0.6 is 7.60 Å². The topological polar surface area (TPSA) is 135 Å². The van der Waals surface area contributed by atoms with Gasteiger partial charge in [-0.05, 0) is 50.3 Å². The van der Waals surface area contributed by atoms with Crippen molar-refractivity contribution in [1.29, 1.82) is 0 Å². The van der Waals surface area contributed by atoms with Gasteiger partial charge in [0.05, 0.1) is 25.6 Å². The Balaban J connectivity index is 1.08. The molecule has 3 rings (SSSR count). The molecule has 10 nitrogen and oxygen atoms in total. The van der Waals surface area contributed by atoms with Gasteiger partial charge in [0.1, 0.15) is 24.0 Å². The van der Waals surface area contributed by atoms with E-state index in [9.17, 15) is 13.8 Å². The number of aromatic nitrogens is 4. The number of halogens is 1. The first-order valence-electron chi connectivity index (χ1n) is 15.2.